The Morgan fingerprint density at radius 3 is 2.43 bits per heavy atom. The number of nitrogen functional groups attached to an aromatic ring is 1. The van der Waals surface area contributed by atoms with Crippen LogP contribution >= 0.6 is 15.9 Å². The lowest BCUT2D eigenvalue weighted by atomic mass is 10.2. The SMILES string of the molecule is NC(=O)c1ccc(Oc2ccc(N)cc2Br)c([N+](=O)[O-])c1. The number of nitrogens with zero attached hydrogens (tertiary/aromatic N) is 1. The van der Waals surface area contributed by atoms with Crippen LogP contribution in [0.4, 0.5) is 11.4 Å². The molecule has 108 valence electrons. The van der Waals surface area contributed by atoms with Crippen LogP contribution in [0.2, 0.25) is 0 Å². The van der Waals surface area contributed by atoms with E-state index in [2.05, 4.69) is 15.9 Å². The van der Waals surface area contributed by atoms with Crippen molar-refractivity contribution in [3.05, 3.63) is 56.5 Å². The van der Waals surface area contributed by atoms with Gasteiger partial charge in [0.15, 0.2) is 0 Å². The molecule has 0 aliphatic heterocycles. The molecule has 0 aliphatic rings. The number of anilines is 1. The van der Waals surface area contributed by atoms with Crippen LogP contribution in [0.15, 0.2) is 40.9 Å². The Hall–Kier alpha value is -2.61. The zero-order chi connectivity index (χ0) is 15.6. The molecule has 2 aromatic rings. The van der Waals surface area contributed by atoms with Crippen LogP contribution in [-0.2, 0) is 0 Å². The number of amides is 1. The molecule has 2 rings (SSSR count). The maximum absolute atomic E-state index is 11.1. The second kappa shape index (κ2) is 5.80. The summed E-state index contributed by atoms with van der Waals surface area (Å²) in [7, 11) is 0. The van der Waals surface area contributed by atoms with Crippen molar-refractivity contribution < 1.29 is 14.5 Å². The summed E-state index contributed by atoms with van der Waals surface area (Å²) < 4.78 is 6.05. The van der Waals surface area contributed by atoms with Gasteiger partial charge in [0.2, 0.25) is 11.7 Å². The molecule has 0 radical (unpaired) electrons. The molecule has 0 aliphatic carbocycles. The van der Waals surface area contributed by atoms with E-state index in [0.717, 1.165) is 6.07 Å². The first-order chi connectivity index (χ1) is 9.88. The molecular weight excluding hydrogens is 342 g/mol. The molecule has 8 heteroatoms. The van der Waals surface area contributed by atoms with Crippen molar-refractivity contribution in [1.82, 2.24) is 0 Å². The van der Waals surface area contributed by atoms with Gasteiger partial charge in [-0.3, -0.25) is 14.9 Å². The quantitative estimate of drug-likeness (QED) is 0.498. The monoisotopic (exact) mass is 351 g/mol. The van der Waals surface area contributed by atoms with Gasteiger partial charge < -0.3 is 16.2 Å². The number of carbonyl (C=O) groups is 1. The number of nitro groups is 1. The summed E-state index contributed by atoms with van der Waals surface area (Å²) in [5.41, 5.74) is 10.9. The average Bonchev–Trinajstić information content (AvgIpc) is 2.41. The Balaban J connectivity index is 2.44. The van der Waals surface area contributed by atoms with Crippen molar-refractivity contribution in [2.75, 3.05) is 5.73 Å². The predicted octanol–water partition coefficient (Wildman–Crippen LogP) is 2.83. The van der Waals surface area contributed by atoms with E-state index in [1.807, 2.05) is 0 Å². The van der Waals surface area contributed by atoms with Crippen molar-refractivity contribution in [1.29, 1.82) is 0 Å². The molecule has 1 amide bonds. The first kappa shape index (κ1) is 14.8. The lowest BCUT2D eigenvalue weighted by molar-refractivity contribution is -0.385. The number of halogens is 1. The first-order valence-electron chi connectivity index (χ1n) is 5.69. The highest BCUT2D eigenvalue weighted by atomic mass is 79.9. The third kappa shape index (κ3) is 3.29. The third-order valence-electron chi connectivity index (χ3n) is 2.62. The van der Waals surface area contributed by atoms with Crippen molar-refractivity contribution in [2.45, 2.75) is 0 Å². The summed E-state index contributed by atoms with van der Waals surface area (Å²) in [6.45, 7) is 0. The Bertz CT molecular complexity index is 733. The van der Waals surface area contributed by atoms with Crippen LogP contribution < -0.4 is 16.2 Å². The topological polar surface area (TPSA) is 121 Å². The predicted molar refractivity (Wildman–Crippen MR) is 80.2 cm³/mol. The van der Waals surface area contributed by atoms with E-state index in [1.54, 1.807) is 18.2 Å². The van der Waals surface area contributed by atoms with Crippen molar-refractivity contribution in [3.63, 3.8) is 0 Å². The highest BCUT2D eigenvalue weighted by Crippen LogP contribution is 2.36. The summed E-state index contributed by atoms with van der Waals surface area (Å²) in [4.78, 5) is 21.5. The normalized spacial score (nSPS) is 10.1. The number of primary amides is 1. The zero-order valence-corrected chi connectivity index (χ0v) is 12.2. The molecule has 0 saturated carbocycles. The summed E-state index contributed by atoms with van der Waals surface area (Å²) >= 11 is 3.25. The van der Waals surface area contributed by atoms with Gasteiger partial charge in [0.05, 0.1) is 9.40 Å². The third-order valence-corrected chi connectivity index (χ3v) is 3.24. The van der Waals surface area contributed by atoms with Gasteiger partial charge in [-0.1, -0.05) is 0 Å². The largest absolute Gasteiger partial charge is 0.449 e. The van der Waals surface area contributed by atoms with Crippen LogP contribution in [0.5, 0.6) is 11.5 Å². The van der Waals surface area contributed by atoms with E-state index >= 15 is 0 Å². The minimum atomic E-state index is -0.752. The molecule has 0 spiro atoms. The standard InChI is InChI=1S/C13H10BrN3O4/c14-9-6-8(15)2-4-11(9)21-12-3-1-7(13(16)18)5-10(12)17(19)20/h1-6H,15H2,(H2,16,18). The van der Waals surface area contributed by atoms with Crippen molar-refractivity contribution in [2.24, 2.45) is 5.73 Å². The van der Waals surface area contributed by atoms with E-state index < -0.39 is 10.8 Å². The van der Waals surface area contributed by atoms with Gasteiger partial charge >= 0.3 is 5.69 Å². The Morgan fingerprint density at radius 1 is 1.19 bits per heavy atom. The number of benzene rings is 2. The lowest BCUT2D eigenvalue weighted by Gasteiger charge is -2.09. The minimum Gasteiger partial charge on any atom is -0.449 e. The van der Waals surface area contributed by atoms with Crippen LogP contribution in [0.1, 0.15) is 10.4 Å². The van der Waals surface area contributed by atoms with Gasteiger partial charge in [0, 0.05) is 17.3 Å². The molecule has 2 aromatic carbocycles. The van der Waals surface area contributed by atoms with Crippen LogP contribution in [0.25, 0.3) is 0 Å². The van der Waals surface area contributed by atoms with E-state index in [9.17, 15) is 14.9 Å². The van der Waals surface area contributed by atoms with E-state index in [1.165, 1.54) is 12.1 Å². The van der Waals surface area contributed by atoms with Gasteiger partial charge in [0.1, 0.15) is 5.75 Å². The molecule has 4 N–H and O–H groups in total. The van der Waals surface area contributed by atoms with Crippen LogP contribution in [0, 0.1) is 10.1 Å². The Morgan fingerprint density at radius 2 is 1.86 bits per heavy atom. The van der Waals surface area contributed by atoms with Gasteiger partial charge in [0.25, 0.3) is 0 Å². The molecule has 0 unspecified atom stereocenters. The molecular formula is C13H10BrN3O4. The van der Waals surface area contributed by atoms with Gasteiger partial charge in [-0.15, -0.1) is 0 Å². The molecule has 0 aromatic heterocycles. The highest BCUT2D eigenvalue weighted by Gasteiger charge is 2.19. The first-order valence-corrected chi connectivity index (χ1v) is 6.49. The summed E-state index contributed by atoms with van der Waals surface area (Å²) in [5, 5.41) is 11.1. The maximum Gasteiger partial charge on any atom is 0.312 e. The van der Waals surface area contributed by atoms with Gasteiger partial charge in [-0.05, 0) is 46.3 Å². The maximum atomic E-state index is 11.1. The second-order valence-corrected chi connectivity index (χ2v) is 4.95. The minimum absolute atomic E-state index is 0.00419. The fourth-order valence-electron chi connectivity index (χ4n) is 1.62. The Kier molecular flexibility index (Phi) is 4.08. The summed E-state index contributed by atoms with van der Waals surface area (Å²) in [5.74, 6) is -0.395. The Labute approximate surface area is 127 Å². The molecule has 0 saturated heterocycles. The molecule has 7 nitrogen and oxygen atoms in total. The van der Waals surface area contributed by atoms with Crippen molar-refractivity contribution >= 4 is 33.2 Å². The lowest BCUT2D eigenvalue weighted by Crippen LogP contribution is -2.11. The number of nitro benzene ring substituents is 1. The van der Waals surface area contributed by atoms with E-state index in [0.29, 0.717) is 15.9 Å². The summed E-state index contributed by atoms with van der Waals surface area (Å²) in [6, 6.07) is 8.54. The number of hydrogen-bond acceptors (Lipinski definition) is 5. The molecule has 0 fully saturated rings. The highest BCUT2D eigenvalue weighted by molar-refractivity contribution is 9.10. The van der Waals surface area contributed by atoms with Gasteiger partial charge in [-0.2, -0.15) is 0 Å². The van der Waals surface area contributed by atoms with Crippen LogP contribution in [-0.4, -0.2) is 10.8 Å². The number of hydrogen-bond donors (Lipinski definition) is 2. The van der Waals surface area contributed by atoms with Crippen LogP contribution in [0.3, 0.4) is 0 Å². The molecule has 0 atom stereocenters. The fraction of sp³-hybridized carbons (Fsp3) is 0. The smallest absolute Gasteiger partial charge is 0.312 e. The number of ether oxygens (including phenoxy) is 1. The fourth-order valence-corrected chi connectivity index (χ4v) is 2.10. The number of rotatable bonds is 4. The second-order valence-electron chi connectivity index (χ2n) is 4.10. The van der Waals surface area contributed by atoms with Crippen molar-refractivity contribution in [3.8, 4) is 11.5 Å². The zero-order valence-electron chi connectivity index (χ0n) is 10.6. The molecule has 0 bridgehead atoms. The molecule has 21 heavy (non-hydrogen) atoms. The van der Waals surface area contributed by atoms with E-state index in [4.69, 9.17) is 16.2 Å². The number of carbonyl (C=O) groups excluding carboxylic acids is 1. The van der Waals surface area contributed by atoms with Gasteiger partial charge in [-0.25, -0.2) is 0 Å². The summed E-state index contributed by atoms with van der Waals surface area (Å²) in [6.07, 6.45) is 0. The molecule has 0 heterocycles. The van der Waals surface area contributed by atoms with E-state index in [-0.39, 0.29) is 17.0 Å². The number of nitrogens with two attached hydrogens (primary N) is 2. The average molecular weight is 352 g/mol.